The molecule has 0 spiro atoms. The predicted molar refractivity (Wildman–Crippen MR) is 66.8 cm³/mol. The van der Waals surface area contributed by atoms with Crippen molar-refractivity contribution in [3.63, 3.8) is 0 Å². The molecule has 3 aromatic rings. The second kappa shape index (κ2) is 4.34. The zero-order valence-electron chi connectivity index (χ0n) is 9.18. The van der Waals surface area contributed by atoms with Crippen LogP contribution in [0.15, 0.2) is 48.7 Å². The van der Waals surface area contributed by atoms with Gasteiger partial charge in [-0.15, -0.1) is 11.3 Å². The highest BCUT2D eigenvalue weighted by Gasteiger charge is 2.12. The molecule has 3 rings (SSSR count). The smallest absolute Gasteiger partial charge is 0.177 e. The van der Waals surface area contributed by atoms with Gasteiger partial charge in [-0.2, -0.15) is 9.49 Å². The van der Waals surface area contributed by atoms with Crippen molar-refractivity contribution < 1.29 is 8.78 Å². The van der Waals surface area contributed by atoms with Gasteiger partial charge in [0.2, 0.25) is 0 Å². The van der Waals surface area contributed by atoms with Gasteiger partial charge < -0.3 is 0 Å². The fourth-order valence-corrected chi connectivity index (χ4v) is 2.50. The van der Waals surface area contributed by atoms with Gasteiger partial charge in [-0.3, -0.25) is 0 Å². The standard InChI is InChI=1S/C13H8F2N2S/c14-9-3-1-2-4-10(9)17-11(7-8-16-17)12-5-6-13(15)18-12/h1-8H. The van der Waals surface area contributed by atoms with Crippen LogP contribution >= 0.6 is 11.3 Å². The molecule has 0 radical (unpaired) electrons. The zero-order chi connectivity index (χ0) is 12.5. The molecule has 0 N–H and O–H groups in total. The van der Waals surface area contributed by atoms with Crippen molar-refractivity contribution >= 4 is 11.3 Å². The molecule has 2 aromatic heterocycles. The Hall–Kier alpha value is -2.01. The summed E-state index contributed by atoms with van der Waals surface area (Å²) in [6.07, 6.45) is 1.57. The third-order valence-electron chi connectivity index (χ3n) is 2.55. The molecule has 1 aromatic carbocycles. The van der Waals surface area contributed by atoms with E-state index >= 15 is 0 Å². The number of aromatic nitrogens is 2. The Morgan fingerprint density at radius 1 is 1.00 bits per heavy atom. The van der Waals surface area contributed by atoms with Crippen LogP contribution in [0, 0.1) is 10.9 Å². The molecule has 5 heteroatoms. The summed E-state index contributed by atoms with van der Waals surface area (Å²) >= 11 is 1.01. The highest BCUT2D eigenvalue weighted by atomic mass is 32.1. The number of para-hydroxylation sites is 1. The average molecular weight is 262 g/mol. The third-order valence-corrected chi connectivity index (χ3v) is 3.45. The van der Waals surface area contributed by atoms with Crippen LogP contribution in [-0.2, 0) is 0 Å². The van der Waals surface area contributed by atoms with Crippen molar-refractivity contribution in [2.45, 2.75) is 0 Å². The molecular formula is C13H8F2N2S. The molecule has 2 heterocycles. The maximum absolute atomic E-state index is 13.7. The summed E-state index contributed by atoms with van der Waals surface area (Å²) in [6, 6.07) is 11.1. The highest BCUT2D eigenvalue weighted by molar-refractivity contribution is 7.13. The Bertz CT molecular complexity index is 688. The number of thiophene rings is 1. The largest absolute Gasteiger partial charge is 0.229 e. The molecular weight excluding hydrogens is 254 g/mol. The van der Waals surface area contributed by atoms with E-state index in [4.69, 9.17) is 0 Å². The van der Waals surface area contributed by atoms with E-state index < -0.39 is 0 Å². The summed E-state index contributed by atoms with van der Waals surface area (Å²) < 4.78 is 28.2. The number of hydrogen-bond acceptors (Lipinski definition) is 2. The second-order valence-corrected chi connectivity index (χ2v) is 4.72. The molecule has 18 heavy (non-hydrogen) atoms. The molecule has 2 nitrogen and oxygen atoms in total. The molecule has 0 atom stereocenters. The van der Waals surface area contributed by atoms with E-state index in [9.17, 15) is 8.78 Å². The van der Waals surface area contributed by atoms with E-state index in [0.29, 0.717) is 16.3 Å². The quantitative estimate of drug-likeness (QED) is 0.685. The number of nitrogens with zero attached hydrogens (tertiary/aromatic N) is 2. The van der Waals surface area contributed by atoms with Gasteiger partial charge in [-0.05, 0) is 30.3 Å². The predicted octanol–water partition coefficient (Wildman–Crippen LogP) is 3.88. The lowest BCUT2D eigenvalue weighted by Gasteiger charge is -2.06. The Kier molecular flexibility index (Phi) is 2.68. The summed E-state index contributed by atoms with van der Waals surface area (Å²) in [5.74, 6) is -0.362. The van der Waals surface area contributed by atoms with Crippen LogP contribution in [-0.4, -0.2) is 9.78 Å². The van der Waals surface area contributed by atoms with Gasteiger partial charge in [0, 0.05) is 0 Å². The van der Waals surface area contributed by atoms with Crippen molar-refractivity contribution in [2.24, 2.45) is 0 Å². The minimum atomic E-state index is -0.362. The molecule has 0 unspecified atom stereocenters. The highest BCUT2D eigenvalue weighted by Crippen LogP contribution is 2.29. The van der Waals surface area contributed by atoms with Crippen molar-refractivity contribution in [2.75, 3.05) is 0 Å². The van der Waals surface area contributed by atoms with Crippen LogP contribution < -0.4 is 0 Å². The summed E-state index contributed by atoms with van der Waals surface area (Å²) in [5, 5.41) is 3.82. The molecule has 0 fully saturated rings. The van der Waals surface area contributed by atoms with Crippen LogP contribution in [0.25, 0.3) is 16.3 Å². The first-order chi connectivity index (χ1) is 8.75. The van der Waals surface area contributed by atoms with Crippen molar-refractivity contribution in [3.05, 3.63) is 59.6 Å². The minimum absolute atomic E-state index is 0.272. The number of benzene rings is 1. The SMILES string of the molecule is Fc1ccc(-c2ccnn2-c2ccccc2F)s1. The Morgan fingerprint density at radius 3 is 2.56 bits per heavy atom. The van der Waals surface area contributed by atoms with Crippen LogP contribution in [0.4, 0.5) is 8.78 Å². The lowest BCUT2D eigenvalue weighted by molar-refractivity contribution is 0.611. The maximum atomic E-state index is 13.7. The zero-order valence-corrected chi connectivity index (χ0v) is 9.99. The van der Waals surface area contributed by atoms with E-state index in [2.05, 4.69) is 5.10 Å². The second-order valence-electron chi connectivity index (χ2n) is 3.68. The molecule has 0 aliphatic carbocycles. The lowest BCUT2D eigenvalue weighted by Crippen LogP contribution is -2.00. The van der Waals surface area contributed by atoms with E-state index in [0.717, 1.165) is 11.3 Å². The fourth-order valence-electron chi connectivity index (χ4n) is 1.76. The molecule has 0 bridgehead atoms. The topological polar surface area (TPSA) is 17.8 Å². The monoisotopic (exact) mass is 262 g/mol. The van der Waals surface area contributed by atoms with Crippen LogP contribution in [0.1, 0.15) is 0 Å². The van der Waals surface area contributed by atoms with Crippen molar-refractivity contribution in [3.8, 4) is 16.3 Å². The summed E-state index contributed by atoms with van der Waals surface area (Å²) in [7, 11) is 0. The number of rotatable bonds is 2. The number of hydrogen-bond donors (Lipinski definition) is 0. The molecule has 0 saturated carbocycles. The average Bonchev–Trinajstić information content (AvgIpc) is 2.98. The van der Waals surface area contributed by atoms with Crippen molar-refractivity contribution in [1.29, 1.82) is 0 Å². The van der Waals surface area contributed by atoms with Crippen LogP contribution in [0.2, 0.25) is 0 Å². The van der Waals surface area contributed by atoms with Gasteiger partial charge in [-0.25, -0.2) is 9.07 Å². The van der Waals surface area contributed by atoms with Crippen LogP contribution in [0.3, 0.4) is 0 Å². The number of halogens is 2. The van der Waals surface area contributed by atoms with Gasteiger partial charge in [0.1, 0.15) is 11.5 Å². The van der Waals surface area contributed by atoms with E-state index in [1.165, 1.54) is 16.8 Å². The van der Waals surface area contributed by atoms with E-state index in [1.54, 1.807) is 36.5 Å². The molecule has 0 saturated heterocycles. The third kappa shape index (κ3) is 1.82. The summed E-state index contributed by atoms with van der Waals surface area (Å²) in [5.41, 5.74) is 1.03. The van der Waals surface area contributed by atoms with Crippen molar-refractivity contribution in [1.82, 2.24) is 9.78 Å². The maximum Gasteiger partial charge on any atom is 0.177 e. The van der Waals surface area contributed by atoms with Gasteiger partial charge in [0.25, 0.3) is 0 Å². The Balaban J connectivity index is 2.15. The first kappa shape index (κ1) is 11.1. The summed E-state index contributed by atoms with van der Waals surface area (Å²) in [6.45, 7) is 0. The van der Waals surface area contributed by atoms with E-state index in [-0.39, 0.29) is 10.9 Å². The van der Waals surface area contributed by atoms with E-state index in [1.807, 2.05) is 0 Å². The first-order valence-corrected chi connectivity index (χ1v) is 6.12. The van der Waals surface area contributed by atoms with Gasteiger partial charge in [0.15, 0.2) is 5.13 Å². The lowest BCUT2D eigenvalue weighted by atomic mass is 10.3. The minimum Gasteiger partial charge on any atom is -0.229 e. The molecule has 0 amide bonds. The Labute approximate surface area is 106 Å². The Morgan fingerprint density at radius 2 is 1.83 bits per heavy atom. The van der Waals surface area contributed by atoms with Gasteiger partial charge >= 0.3 is 0 Å². The fraction of sp³-hybridized carbons (Fsp3) is 0. The van der Waals surface area contributed by atoms with Gasteiger partial charge in [-0.1, -0.05) is 12.1 Å². The van der Waals surface area contributed by atoms with Crippen LogP contribution in [0.5, 0.6) is 0 Å². The molecule has 0 aliphatic rings. The molecule has 0 aliphatic heterocycles. The first-order valence-electron chi connectivity index (χ1n) is 5.30. The summed E-state index contributed by atoms with van der Waals surface area (Å²) in [4.78, 5) is 0.716. The normalized spacial score (nSPS) is 10.8. The molecule has 90 valence electrons. The van der Waals surface area contributed by atoms with Gasteiger partial charge in [0.05, 0.1) is 16.8 Å².